The van der Waals surface area contributed by atoms with Gasteiger partial charge in [-0.1, -0.05) is 0 Å². The van der Waals surface area contributed by atoms with Crippen molar-refractivity contribution in [2.45, 2.75) is 13.0 Å². The van der Waals surface area contributed by atoms with Crippen LogP contribution in [-0.4, -0.2) is 18.0 Å². The van der Waals surface area contributed by atoms with Crippen molar-refractivity contribution < 1.29 is 9.59 Å². The number of anilines is 1. The summed E-state index contributed by atoms with van der Waals surface area (Å²) in [4.78, 5) is 21.8. The van der Waals surface area contributed by atoms with E-state index in [1.54, 1.807) is 6.92 Å². The third kappa shape index (κ3) is 4.05. The van der Waals surface area contributed by atoms with E-state index in [0.717, 1.165) is 9.26 Å². The van der Waals surface area contributed by atoms with Gasteiger partial charge in [-0.25, -0.2) is 4.79 Å². The summed E-state index contributed by atoms with van der Waals surface area (Å²) in [6.07, 6.45) is 0. The number of carbonyl (C=O) groups is 2. The number of nitrogens with two attached hydrogens (primary N) is 1. The molecule has 0 aromatic heterocycles. The Hall–Kier alpha value is -1.31. The topological polar surface area (TPSA) is 84.2 Å². The SMILES string of the molecule is C[C@H](Nc1ccc(I)cc1)C(=O)NC(N)=O. The van der Waals surface area contributed by atoms with Crippen LogP contribution in [0.3, 0.4) is 0 Å². The zero-order chi connectivity index (χ0) is 12.1. The standard InChI is InChI=1S/C10H12IN3O2/c1-6(9(15)14-10(12)16)13-8-4-2-7(11)3-5-8/h2-6,13H,1H3,(H3,12,14,15,16)/t6-/m0/s1. The molecule has 1 aromatic rings. The number of carbonyl (C=O) groups excluding carboxylic acids is 2. The molecule has 0 aliphatic heterocycles. The Balaban J connectivity index is 2.57. The summed E-state index contributed by atoms with van der Waals surface area (Å²) in [5.74, 6) is -0.453. The molecule has 1 atom stereocenters. The summed E-state index contributed by atoms with van der Waals surface area (Å²) in [7, 11) is 0. The number of hydrogen-bond donors (Lipinski definition) is 3. The van der Waals surface area contributed by atoms with Gasteiger partial charge < -0.3 is 11.1 Å². The third-order valence-corrected chi connectivity index (χ3v) is 2.59. The molecule has 5 nitrogen and oxygen atoms in total. The van der Waals surface area contributed by atoms with Gasteiger partial charge in [-0.3, -0.25) is 10.1 Å². The van der Waals surface area contributed by atoms with Gasteiger partial charge in [-0.05, 0) is 53.8 Å². The minimum absolute atomic E-state index is 0.453. The molecule has 0 saturated heterocycles. The Morgan fingerprint density at radius 1 is 1.31 bits per heavy atom. The number of urea groups is 1. The molecular weight excluding hydrogens is 321 g/mol. The zero-order valence-electron chi connectivity index (χ0n) is 8.66. The first-order chi connectivity index (χ1) is 7.49. The second kappa shape index (κ2) is 5.69. The van der Waals surface area contributed by atoms with Crippen LogP contribution in [0, 0.1) is 3.57 Å². The molecule has 0 bridgehead atoms. The van der Waals surface area contributed by atoms with Crippen molar-refractivity contribution in [2.75, 3.05) is 5.32 Å². The predicted octanol–water partition coefficient (Wildman–Crippen LogP) is 1.29. The highest BCUT2D eigenvalue weighted by molar-refractivity contribution is 14.1. The summed E-state index contributed by atoms with van der Waals surface area (Å²) < 4.78 is 1.11. The minimum Gasteiger partial charge on any atom is -0.374 e. The van der Waals surface area contributed by atoms with Gasteiger partial charge in [0.05, 0.1) is 0 Å². The van der Waals surface area contributed by atoms with E-state index in [0.29, 0.717) is 0 Å². The molecule has 4 N–H and O–H groups in total. The van der Waals surface area contributed by atoms with Crippen LogP contribution in [0.1, 0.15) is 6.92 Å². The smallest absolute Gasteiger partial charge is 0.318 e. The highest BCUT2D eigenvalue weighted by Crippen LogP contribution is 2.12. The Bertz CT molecular complexity index is 392. The van der Waals surface area contributed by atoms with Crippen LogP contribution in [0.4, 0.5) is 10.5 Å². The van der Waals surface area contributed by atoms with E-state index in [1.807, 2.05) is 29.6 Å². The van der Waals surface area contributed by atoms with Crippen LogP contribution in [0.2, 0.25) is 0 Å². The maximum Gasteiger partial charge on any atom is 0.318 e. The van der Waals surface area contributed by atoms with Crippen LogP contribution < -0.4 is 16.4 Å². The van der Waals surface area contributed by atoms with E-state index in [4.69, 9.17) is 5.73 Å². The number of primary amides is 1. The summed E-state index contributed by atoms with van der Waals surface area (Å²) >= 11 is 2.19. The summed E-state index contributed by atoms with van der Waals surface area (Å²) in [6, 6.07) is 6.18. The third-order valence-electron chi connectivity index (χ3n) is 1.87. The maximum absolute atomic E-state index is 11.3. The predicted molar refractivity (Wildman–Crippen MR) is 70.0 cm³/mol. The molecule has 1 rings (SSSR count). The minimum atomic E-state index is -0.846. The Morgan fingerprint density at radius 2 is 1.88 bits per heavy atom. The molecular formula is C10H12IN3O2. The first-order valence-electron chi connectivity index (χ1n) is 4.61. The molecule has 0 radical (unpaired) electrons. The van der Waals surface area contributed by atoms with Crippen molar-refractivity contribution >= 4 is 40.2 Å². The quantitative estimate of drug-likeness (QED) is 0.729. The molecule has 0 aliphatic rings. The van der Waals surface area contributed by atoms with E-state index in [1.165, 1.54) is 0 Å². The maximum atomic E-state index is 11.3. The highest BCUT2D eigenvalue weighted by atomic mass is 127. The average Bonchev–Trinajstić information content (AvgIpc) is 2.20. The number of amides is 3. The number of nitrogens with one attached hydrogen (secondary N) is 2. The zero-order valence-corrected chi connectivity index (χ0v) is 10.8. The van der Waals surface area contributed by atoms with E-state index in [-0.39, 0.29) is 0 Å². The lowest BCUT2D eigenvalue weighted by molar-refractivity contribution is -0.120. The van der Waals surface area contributed by atoms with Crippen molar-refractivity contribution in [3.05, 3.63) is 27.8 Å². The van der Waals surface area contributed by atoms with Crippen LogP contribution in [0.15, 0.2) is 24.3 Å². The monoisotopic (exact) mass is 333 g/mol. The van der Waals surface area contributed by atoms with Gasteiger partial charge in [0, 0.05) is 9.26 Å². The second-order valence-corrected chi connectivity index (χ2v) is 4.47. The van der Waals surface area contributed by atoms with Gasteiger partial charge in [-0.2, -0.15) is 0 Å². The fourth-order valence-corrected chi connectivity index (χ4v) is 1.45. The second-order valence-electron chi connectivity index (χ2n) is 3.23. The molecule has 86 valence electrons. The highest BCUT2D eigenvalue weighted by Gasteiger charge is 2.13. The van der Waals surface area contributed by atoms with Crippen LogP contribution in [-0.2, 0) is 4.79 Å². The largest absolute Gasteiger partial charge is 0.374 e. The summed E-state index contributed by atoms with van der Waals surface area (Å²) in [5, 5.41) is 4.96. The molecule has 0 fully saturated rings. The van der Waals surface area contributed by atoms with E-state index >= 15 is 0 Å². The lowest BCUT2D eigenvalue weighted by Crippen LogP contribution is -2.43. The lowest BCUT2D eigenvalue weighted by Gasteiger charge is -2.13. The molecule has 3 amide bonds. The summed E-state index contributed by atoms with van der Waals surface area (Å²) in [5.41, 5.74) is 5.66. The van der Waals surface area contributed by atoms with Gasteiger partial charge in [0.1, 0.15) is 6.04 Å². The Labute approximate surface area is 107 Å². The van der Waals surface area contributed by atoms with Crippen molar-refractivity contribution in [3.63, 3.8) is 0 Å². The number of benzene rings is 1. The number of rotatable bonds is 3. The molecule has 0 aliphatic carbocycles. The van der Waals surface area contributed by atoms with Crippen LogP contribution >= 0.6 is 22.6 Å². The fourth-order valence-electron chi connectivity index (χ4n) is 1.09. The van der Waals surface area contributed by atoms with Crippen LogP contribution in [0.25, 0.3) is 0 Å². The Kier molecular flexibility index (Phi) is 4.53. The van der Waals surface area contributed by atoms with Gasteiger partial charge in [-0.15, -0.1) is 0 Å². The van der Waals surface area contributed by atoms with Crippen molar-refractivity contribution in [3.8, 4) is 0 Å². The normalized spacial score (nSPS) is 11.6. The molecule has 16 heavy (non-hydrogen) atoms. The molecule has 6 heteroatoms. The summed E-state index contributed by atoms with van der Waals surface area (Å²) in [6.45, 7) is 1.65. The van der Waals surface area contributed by atoms with Crippen molar-refractivity contribution in [2.24, 2.45) is 5.73 Å². The van der Waals surface area contributed by atoms with Gasteiger partial charge in [0.25, 0.3) is 0 Å². The van der Waals surface area contributed by atoms with Gasteiger partial charge in [0.15, 0.2) is 0 Å². The molecule has 0 heterocycles. The first-order valence-corrected chi connectivity index (χ1v) is 5.69. The van der Waals surface area contributed by atoms with E-state index in [9.17, 15) is 9.59 Å². The van der Waals surface area contributed by atoms with Crippen LogP contribution in [0.5, 0.6) is 0 Å². The number of halogens is 1. The van der Waals surface area contributed by atoms with Crippen molar-refractivity contribution in [1.82, 2.24) is 5.32 Å². The van der Waals surface area contributed by atoms with Crippen molar-refractivity contribution in [1.29, 1.82) is 0 Å². The van der Waals surface area contributed by atoms with Gasteiger partial charge >= 0.3 is 6.03 Å². The molecule has 0 spiro atoms. The lowest BCUT2D eigenvalue weighted by atomic mass is 10.2. The first kappa shape index (κ1) is 12.8. The average molecular weight is 333 g/mol. The van der Waals surface area contributed by atoms with E-state index < -0.39 is 18.0 Å². The fraction of sp³-hybridized carbons (Fsp3) is 0.200. The number of imide groups is 1. The number of hydrogen-bond acceptors (Lipinski definition) is 3. The van der Waals surface area contributed by atoms with E-state index in [2.05, 4.69) is 27.9 Å². The van der Waals surface area contributed by atoms with Gasteiger partial charge in [0.2, 0.25) is 5.91 Å². The molecule has 0 unspecified atom stereocenters. The molecule has 1 aromatic carbocycles. The Morgan fingerprint density at radius 3 is 2.38 bits per heavy atom. The molecule has 0 saturated carbocycles.